The van der Waals surface area contributed by atoms with Gasteiger partial charge in [0.05, 0.1) is 18.6 Å². The van der Waals surface area contributed by atoms with Crippen LogP contribution in [0.2, 0.25) is 0 Å². The largest absolute Gasteiger partial charge is 0.347 e. The molecule has 132 valence electrons. The molecule has 2 saturated carbocycles. The molecule has 0 bridgehead atoms. The smallest absolute Gasteiger partial charge is 0.174 e. The minimum Gasteiger partial charge on any atom is -0.347 e. The summed E-state index contributed by atoms with van der Waals surface area (Å²) in [6, 6.07) is 0. The molecule has 2 nitrogen and oxygen atoms in total. The first-order valence-electron chi connectivity index (χ1n) is 9.93. The van der Waals surface area contributed by atoms with Crippen molar-refractivity contribution in [3.63, 3.8) is 0 Å². The van der Waals surface area contributed by atoms with Crippen molar-refractivity contribution in [2.24, 2.45) is 22.2 Å². The second kappa shape index (κ2) is 5.36. The van der Waals surface area contributed by atoms with Gasteiger partial charge in [0, 0.05) is 11.8 Å². The molecule has 4 rings (SSSR count). The van der Waals surface area contributed by atoms with Crippen LogP contribution in [0, 0.1) is 34.5 Å². The fourth-order valence-corrected chi connectivity index (χ4v) is 6.89. The summed E-state index contributed by atoms with van der Waals surface area (Å²) < 4.78 is 12.6. The Hall–Kier alpha value is -0.780. The zero-order valence-electron chi connectivity index (χ0n) is 15.6. The molecule has 0 aromatic carbocycles. The van der Waals surface area contributed by atoms with Gasteiger partial charge in [-0.25, -0.2) is 0 Å². The van der Waals surface area contributed by atoms with Crippen LogP contribution in [0.4, 0.5) is 0 Å². The number of allylic oxidation sites excluding steroid dienone is 2. The number of terminal acetylenes is 1. The van der Waals surface area contributed by atoms with E-state index in [1.54, 1.807) is 5.57 Å². The third kappa shape index (κ3) is 1.86. The summed E-state index contributed by atoms with van der Waals surface area (Å²) in [5.74, 6) is 3.48. The van der Waals surface area contributed by atoms with E-state index in [9.17, 15) is 0 Å². The number of hydrogen-bond donors (Lipinski definition) is 0. The zero-order chi connectivity index (χ0) is 17.1. The summed E-state index contributed by atoms with van der Waals surface area (Å²) in [6.07, 6.45) is 17.8. The van der Waals surface area contributed by atoms with E-state index in [1.807, 2.05) is 0 Å². The Morgan fingerprint density at radius 2 is 1.92 bits per heavy atom. The fraction of sp³-hybridized carbons (Fsp3) is 0.818. The molecule has 1 heterocycles. The quantitative estimate of drug-likeness (QED) is 0.493. The maximum atomic E-state index is 6.29. The van der Waals surface area contributed by atoms with E-state index < -0.39 is 0 Å². The molecule has 1 spiro atoms. The molecule has 0 aromatic rings. The van der Waals surface area contributed by atoms with Crippen LogP contribution in [0.1, 0.15) is 72.1 Å². The average Bonchev–Trinajstić information content (AvgIpc) is 3.09. The minimum absolute atomic E-state index is 0.0278. The van der Waals surface area contributed by atoms with Gasteiger partial charge in [-0.05, 0) is 61.9 Å². The Labute approximate surface area is 147 Å². The second-order valence-electron chi connectivity index (χ2n) is 8.97. The summed E-state index contributed by atoms with van der Waals surface area (Å²) in [5.41, 5.74) is 1.89. The molecular weight excluding hydrogens is 296 g/mol. The topological polar surface area (TPSA) is 18.5 Å². The molecule has 0 N–H and O–H groups in total. The molecule has 24 heavy (non-hydrogen) atoms. The lowest BCUT2D eigenvalue weighted by Crippen LogP contribution is -2.62. The standard InChI is InChI=1S/C22H32O2/c1-5-20(4)17-10-12-21(6-2)11-8-7-9-18(21)19(17,3)13-14-22(20)23-15-16-24-22/h2,9,17H,5,7-8,10-16H2,1,3-4H3/t17?,19-,20-,21+/m0/s1. The molecule has 4 atom stereocenters. The van der Waals surface area contributed by atoms with Gasteiger partial charge in [0.1, 0.15) is 0 Å². The van der Waals surface area contributed by atoms with Crippen LogP contribution in [0.3, 0.4) is 0 Å². The van der Waals surface area contributed by atoms with Crippen LogP contribution in [0.5, 0.6) is 0 Å². The first-order valence-corrected chi connectivity index (χ1v) is 9.93. The molecule has 3 fully saturated rings. The molecule has 1 saturated heterocycles. The molecule has 1 unspecified atom stereocenters. The van der Waals surface area contributed by atoms with Gasteiger partial charge in [-0.15, -0.1) is 6.42 Å². The predicted octanol–water partition coefficient (Wildman–Crippen LogP) is 5.09. The molecule has 0 radical (unpaired) electrons. The normalized spacial score (nSPS) is 46.8. The highest BCUT2D eigenvalue weighted by atomic mass is 16.7. The molecule has 0 amide bonds. The Morgan fingerprint density at radius 3 is 2.58 bits per heavy atom. The molecule has 0 aromatic heterocycles. The average molecular weight is 328 g/mol. The summed E-state index contributed by atoms with van der Waals surface area (Å²) in [4.78, 5) is 0. The van der Waals surface area contributed by atoms with Crippen LogP contribution in [-0.4, -0.2) is 19.0 Å². The Balaban J connectivity index is 1.80. The third-order valence-corrected chi connectivity index (χ3v) is 8.29. The predicted molar refractivity (Wildman–Crippen MR) is 96.3 cm³/mol. The maximum absolute atomic E-state index is 6.29. The lowest BCUT2D eigenvalue weighted by molar-refractivity contribution is -0.291. The van der Waals surface area contributed by atoms with E-state index in [2.05, 4.69) is 32.8 Å². The van der Waals surface area contributed by atoms with Crippen LogP contribution < -0.4 is 0 Å². The molecule has 4 aliphatic rings. The van der Waals surface area contributed by atoms with Crippen molar-refractivity contribution in [3.8, 4) is 12.3 Å². The second-order valence-corrected chi connectivity index (χ2v) is 8.97. The molecule has 3 aliphatic carbocycles. The first kappa shape index (κ1) is 16.7. The maximum Gasteiger partial charge on any atom is 0.174 e. The highest BCUT2D eigenvalue weighted by molar-refractivity contribution is 5.38. The summed E-state index contributed by atoms with van der Waals surface area (Å²) in [7, 11) is 0. The van der Waals surface area contributed by atoms with E-state index in [4.69, 9.17) is 15.9 Å². The van der Waals surface area contributed by atoms with Gasteiger partial charge < -0.3 is 9.47 Å². The van der Waals surface area contributed by atoms with Crippen molar-refractivity contribution in [1.29, 1.82) is 0 Å². The van der Waals surface area contributed by atoms with Crippen molar-refractivity contribution in [2.45, 2.75) is 77.9 Å². The van der Waals surface area contributed by atoms with E-state index in [0.29, 0.717) is 5.92 Å². The van der Waals surface area contributed by atoms with Crippen molar-refractivity contribution in [2.75, 3.05) is 13.2 Å². The van der Waals surface area contributed by atoms with Gasteiger partial charge in [-0.3, -0.25) is 0 Å². The molecule has 2 heteroatoms. The van der Waals surface area contributed by atoms with E-state index in [-0.39, 0.29) is 22.0 Å². The van der Waals surface area contributed by atoms with Crippen LogP contribution in [-0.2, 0) is 9.47 Å². The highest BCUT2D eigenvalue weighted by Gasteiger charge is 2.66. The van der Waals surface area contributed by atoms with E-state index in [1.165, 1.54) is 25.7 Å². The Morgan fingerprint density at radius 1 is 1.17 bits per heavy atom. The minimum atomic E-state index is -0.364. The molecule has 1 aliphatic heterocycles. The first-order chi connectivity index (χ1) is 11.5. The van der Waals surface area contributed by atoms with Gasteiger partial charge >= 0.3 is 0 Å². The highest BCUT2D eigenvalue weighted by Crippen LogP contribution is 2.69. The summed E-state index contributed by atoms with van der Waals surface area (Å²) >= 11 is 0. The monoisotopic (exact) mass is 328 g/mol. The Bertz CT molecular complexity index is 594. The lowest BCUT2D eigenvalue weighted by Gasteiger charge is -2.64. The summed E-state index contributed by atoms with van der Waals surface area (Å²) in [6.45, 7) is 8.73. The number of rotatable bonds is 1. The van der Waals surface area contributed by atoms with Crippen LogP contribution in [0.25, 0.3) is 0 Å². The Kier molecular flexibility index (Phi) is 3.72. The lowest BCUT2D eigenvalue weighted by atomic mass is 9.42. The van der Waals surface area contributed by atoms with Crippen molar-refractivity contribution in [3.05, 3.63) is 11.6 Å². The van der Waals surface area contributed by atoms with Crippen molar-refractivity contribution >= 4 is 0 Å². The number of ether oxygens (including phenoxy) is 2. The SMILES string of the molecule is C#C[C@]12CCCC=C1[C@@]1(C)CCC3(OCCO3)[C@@](C)(CC)C1CC2. The van der Waals surface area contributed by atoms with Crippen LogP contribution in [0.15, 0.2) is 11.6 Å². The molecular formula is C22H32O2. The van der Waals surface area contributed by atoms with Crippen molar-refractivity contribution in [1.82, 2.24) is 0 Å². The van der Waals surface area contributed by atoms with Gasteiger partial charge in [-0.2, -0.15) is 0 Å². The van der Waals surface area contributed by atoms with Gasteiger partial charge in [0.25, 0.3) is 0 Å². The van der Waals surface area contributed by atoms with Gasteiger partial charge in [-0.1, -0.05) is 32.8 Å². The summed E-state index contributed by atoms with van der Waals surface area (Å²) in [5, 5.41) is 0. The zero-order valence-corrected chi connectivity index (χ0v) is 15.6. The van der Waals surface area contributed by atoms with Crippen molar-refractivity contribution < 1.29 is 9.47 Å². The van der Waals surface area contributed by atoms with Gasteiger partial charge in [0.15, 0.2) is 5.79 Å². The number of fused-ring (bicyclic) bond motifs is 3. The third-order valence-electron chi connectivity index (χ3n) is 8.29. The van der Waals surface area contributed by atoms with Gasteiger partial charge in [0.2, 0.25) is 0 Å². The van der Waals surface area contributed by atoms with E-state index in [0.717, 1.165) is 38.9 Å². The fourth-order valence-electron chi connectivity index (χ4n) is 6.89. The number of hydrogen-bond acceptors (Lipinski definition) is 2. The van der Waals surface area contributed by atoms with E-state index >= 15 is 0 Å². The van der Waals surface area contributed by atoms with Crippen LogP contribution >= 0.6 is 0 Å².